The summed E-state index contributed by atoms with van der Waals surface area (Å²) in [5.41, 5.74) is 30.3. The van der Waals surface area contributed by atoms with Gasteiger partial charge in [-0.2, -0.15) is 0 Å². The second kappa shape index (κ2) is 23.8. The monoisotopic (exact) mass is 1370 g/mol. The molecule has 0 N–H and O–H groups in total. The zero-order chi connectivity index (χ0) is 70.7. The molecular weight excluding hydrogens is 1300 g/mol. The number of anilines is 6. The van der Waals surface area contributed by atoms with E-state index in [0.717, 1.165) is 101 Å². The van der Waals surface area contributed by atoms with Gasteiger partial charge in [-0.15, -0.1) is 0 Å². The van der Waals surface area contributed by atoms with Gasteiger partial charge in [-0.05, 0) is 147 Å². The Morgan fingerprint density at radius 1 is 0.176 bits per heavy atom. The zero-order valence-electron chi connectivity index (χ0n) is 58.9. The van der Waals surface area contributed by atoms with Crippen LogP contribution in [0.1, 0.15) is 0 Å². The minimum atomic E-state index is -0.282. The van der Waals surface area contributed by atoms with Gasteiger partial charge >= 0.3 is 0 Å². The van der Waals surface area contributed by atoms with Crippen molar-refractivity contribution in [3.05, 3.63) is 388 Å². The third-order valence-electron chi connectivity index (χ3n) is 23.7. The molecule has 23 rings (SSSR count). The second-order valence-electron chi connectivity index (χ2n) is 29.2. The molecule has 498 valence electrons. The van der Waals surface area contributed by atoms with Gasteiger partial charge in [0.05, 0.1) is 27.9 Å². The molecule has 4 nitrogen and oxygen atoms in total. The van der Waals surface area contributed by atoms with Crippen LogP contribution in [0.15, 0.2) is 388 Å². The summed E-state index contributed by atoms with van der Waals surface area (Å²) in [6, 6.07) is 147. The summed E-state index contributed by atoms with van der Waals surface area (Å²) in [5.74, 6) is 0. The molecule has 0 saturated carbocycles. The Balaban J connectivity index is 0.952. The van der Waals surface area contributed by atoms with Crippen LogP contribution in [-0.4, -0.2) is 22.6 Å². The highest BCUT2D eigenvalue weighted by molar-refractivity contribution is 7.02. The Labute approximate surface area is 626 Å². The summed E-state index contributed by atoms with van der Waals surface area (Å²) in [6.45, 7) is -0.565. The second-order valence-corrected chi connectivity index (χ2v) is 29.2. The van der Waals surface area contributed by atoms with E-state index in [1.807, 2.05) is 0 Å². The summed E-state index contributed by atoms with van der Waals surface area (Å²) in [7, 11) is 0. The van der Waals surface area contributed by atoms with Crippen LogP contribution in [-0.2, 0) is 0 Å². The van der Waals surface area contributed by atoms with E-state index in [0.29, 0.717) is 0 Å². The lowest BCUT2D eigenvalue weighted by molar-refractivity contribution is 1.17. The van der Waals surface area contributed by atoms with Gasteiger partial charge in [-0.1, -0.05) is 340 Å². The highest BCUT2D eigenvalue weighted by atomic mass is 15.2. The van der Waals surface area contributed by atoms with E-state index >= 15 is 0 Å². The Bertz CT molecular complexity index is 7070. The summed E-state index contributed by atoms with van der Waals surface area (Å²) in [4.78, 5) is 5.45. The molecule has 0 saturated heterocycles. The molecule has 6 heteroatoms. The number of rotatable bonds is 6. The highest BCUT2D eigenvalue weighted by Crippen LogP contribution is 2.53. The average molecular weight is 1370 g/mol. The van der Waals surface area contributed by atoms with Crippen LogP contribution in [0.2, 0.25) is 0 Å². The molecule has 4 aliphatic rings. The van der Waals surface area contributed by atoms with Crippen LogP contribution in [0.5, 0.6) is 0 Å². The maximum atomic E-state index is 2.73. The maximum absolute atomic E-state index is 2.73. The lowest BCUT2D eigenvalue weighted by Crippen LogP contribution is -2.63. The minimum absolute atomic E-state index is 0.282. The van der Waals surface area contributed by atoms with Crippen LogP contribution < -0.4 is 42.6 Å². The number of benzene rings is 17. The summed E-state index contributed by atoms with van der Waals surface area (Å²) in [5, 5.41) is 14.3. The van der Waals surface area contributed by atoms with Crippen molar-refractivity contribution in [2.24, 2.45) is 0 Å². The van der Waals surface area contributed by atoms with E-state index in [1.54, 1.807) is 0 Å². The first kappa shape index (κ1) is 60.5. The van der Waals surface area contributed by atoms with Crippen molar-refractivity contribution in [1.29, 1.82) is 0 Å². The van der Waals surface area contributed by atoms with Crippen LogP contribution in [0.3, 0.4) is 0 Å². The lowest BCUT2D eigenvalue weighted by atomic mass is 9.31. The summed E-state index contributed by atoms with van der Waals surface area (Å²) >= 11 is 0. The fourth-order valence-electron chi connectivity index (χ4n) is 19.4. The normalized spacial score (nSPS) is 12.7. The molecule has 19 aromatic rings. The first-order valence-corrected chi connectivity index (χ1v) is 37.6. The highest BCUT2D eigenvalue weighted by Gasteiger charge is 2.48. The zero-order valence-corrected chi connectivity index (χ0v) is 58.9. The van der Waals surface area contributed by atoms with E-state index in [-0.39, 0.29) is 13.4 Å². The van der Waals surface area contributed by atoms with E-state index < -0.39 is 0 Å². The van der Waals surface area contributed by atoms with E-state index in [9.17, 15) is 0 Å². The maximum Gasteiger partial charge on any atom is 0.252 e. The van der Waals surface area contributed by atoms with Crippen molar-refractivity contribution >= 4 is 167 Å². The van der Waals surface area contributed by atoms with E-state index in [1.165, 1.54) is 108 Å². The lowest BCUT2D eigenvalue weighted by Gasteiger charge is -2.45. The molecule has 0 bridgehead atoms. The topological polar surface area (TPSA) is 16.3 Å². The molecule has 0 radical (unpaired) electrons. The third-order valence-corrected chi connectivity index (χ3v) is 23.7. The standard InChI is InChI=1S/C102H64B2N4/c1-5-31-65(32-6-1)69-49-27-50-70(66-33-7-2-8-34-66)99(69)107-93-60-30-59-92-97(93)104(86-55-29-53-83-79-45-19-15-41-75(79)73-39-13-18-44-78(73)82-48-22-25-57-90(82)106(92)101(83)86)88-64-95-87(63-96(88)107)103-85-54-23-26-58-91(85)105-89-56-24-21-47-81(89)77-43-17-14-40-74(77)76-42-16-20-46-80(76)84-61-62-94(98(103)102(84)105)108(95)100-71(67-35-9-3-10-36-67)51-28-52-72(100)68-37-11-4-12-38-68/h1-64H. The first-order valence-electron chi connectivity index (χ1n) is 37.6. The Morgan fingerprint density at radius 2 is 0.481 bits per heavy atom. The molecule has 2 aromatic heterocycles. The molecule has 0 amide bonds. The fraction of sp³-hybridized carbons (Fsp3) is 0. The van der Waals surface area contributed by atoms with Gasteiger partial charge in [-0.25, -0.2) is 0 Å². The van der Waals surface area contributed by atoms with Crippen molar-refractivity contribution in [3.8, 4) is 55.9 Å². The molecule has 0 atom stereocenters. The van der Waals surface area contributed by atoms with Gasteiger partial charge in [0.2, 0.25) is 0 Å². The summed E-state index contributed by atoms with van der Waals surface area (Å²) < 4.78 is 5.30. The molecule has 17 aromatic carbocycles. The van der Waals surface area contributed by atoms with Gasteiger partial charge in [0.1, 0.15) is 0 Å². The van der Waals surface area contributed by atoms with Gasteiger partial charge in [0, 0.05) is 83.4 Å². The number of nitrogens with zero attached hydrogens (tertiary/aromatic N) is 4. The van der Waals surface area contributed by atoms with Crippen LogP contribution in [0.25, 0.3) is 143 Å². The molecule has 0 aliphatic carbocycles. The number of fused-ring (bicyclic) bond motifs is 23. The molecule has 0 fully saturated rings. The van der Waals surface area contributed by atoms with Gasteiger partial charge in [-0.3, -0.25) is 0 Å². The van der Waals surface area contributed by atoms with E-state index in [4.69, 9.17) is 0 Å². The Morgan fingerprint density at radius 3 is 0.944 bits per heavy atom. The first-order chi connectivity index (χ1) is 53.7. The minimum Gasteiger partial charge on any atom is -0.310 e. The molecule has 108 heavy (non-hydrogen) atoms. The predicted molar refractivity (Wildman–Crippen MR) is 461 cm³/mol. The van der Waals surface area contributed by atoms with Gasteiger partial charge in [0.25, 0.3) is 13.4 Å². The van der Waals surface area contributed by atoms with Crippen LogP contribution in [0, 0.1) is 0 Å². The fourth-order valence-corrected chi connectivity index (χ4v) is 19.4. The SMILES string of the molecule is c1ccc(-c2cccc(-c3ccccc3)c2N2c3cc4c(cc3B3c5c2cccc5-n2c5ccccc5c5ccccc5c5ccccc5c5cccc3c52)N(c2c(-c3ccccc3)cccc2-c2ccccc2)c2ccc3c5ccccc5c5ccccc5c5ccccc5n5c3c2B4c2ccccc2-5)cc1. The van der Waals surface area contributed by atoms with Crippen LogP contribution in [0.4, 0.5) is 34.1 Å². The average Bonchev–Trinajstić information content (AvgIpc) is 0.877. The third kappa shape index (κ3) is 8.71. The van der Waals surface area contributed by atoms with Crippen molar-refractivity contribution in [1.82, 2.24) is 9.13 Å². The Hall–Kier alpha value is -13.9. The van der Waals surface area contributed by atoms with E-state index in [2.05, 4.69) is 407 Å². The molecule has 6 heterocycles. The van der Waals surface area contributed by atoms with Crippen molar-refractivity contribution in [2.45, 2.75) is 0 Å². The van der Waals surface area contributed by atoms with Crippen molar-refractivity contribution in [2.75, 3.05) is 9.80 Å². The molecule has 0 unspecified atom stereocenters. The predicted octanol–water partition coefficient (Wildman–Crippen LogP) is 22.6. The quantitative estimate of drug-likeness (QED) is 0.154. The molecular formula is C102H64B2N4. The smallest absolute Gasteiger partial charge is 0.252 e. The number of hydrogen-bond acceptors (Lipinski definition) is 2. The van der Waals surface area contributed by atoms with Crippen LogP contribution >= 0.6 is 0 Å². The van der Waals surface area contributed by atoms with Gasteiger partial charge < -0.3 is 18.9 Å². The summed E-state index contributed by atoms with van der Waals surface area (Å²) in [6.07, 6.45) is 0. The van der Waals surface area contributed by atoms with Crippen molar-refractivity contribution in [3.63, 3.8) is 0 Å². The largest absolute Gasteiger partial charge is 0.310 e. The number of para-hydroxylation sites is 6. The molecule has 4 aliphatic heterocycles. The number of aromatic nitrogens is 2. The molecule has 0 spiro atoms. The Kier molecular flexibility index (Phi) is 13.3. The number of hydrogen-bond donors (Lipinski definition) is 0. The van der Waals surface area contributed by atoms with Crippen molar-refractivity contribution < 1.29 is 0 Å². The van der Waals surface area contributed by atoms with Gasteiger partial charge in [0.15, 0.2) is 0 Å².